The minimum atomic E-state index is -0.482. The first-order valence-corrected chi connectivity index (χ1v) is 6.93. The molecule has 5 nitrogen and oxygen atoms in total. The Balaban J connectivity index is 1.80. The highest BCUT2D eigenvalue weighted by Gasteiger charge is 2.18. The molecule has 0 unspecified atom stereocenters. The summed E-state index contributed by atoms with van der Waals surface area (Å²) in [5, 5.41) is 18.8. The molecular formula is C16H19NO4. The number of carbonyl (C=O) groups is 1. The van der Waals surface area contributed by atoms with Crippen molar-refractivity contribution in [1.29, 1.82) is 0 Å². The van der Waals surface area contributed by atoms with Gasteiger partial charge in [0.2, 0.25) is 11.8 Å². The molecule has 2 aromatic rings. The fraction of sp³-hybridized carbons (Fsp3) is 0.312. The summed E-state index contributed by atoms with van der Waals surface area (Å²) in [5.74, 6) is -1.41. The zero-order chi connectivity index (χ0) is 15.2. The second kappa shape index (κ2) is 6.83. The highest BCUT2D eigenvalue weighted by Crippen LogP contribution is 2.20. The Labute approximate surface area is 123 Å². The van der Waals surface area contributed by atoms with E-state index in [0.29, 0.717) is 6.42 Å². The van der Waals surface area contributed by atoms with Crippen LogP contribution < -0.4 is 4.84 Å². The second-order valence-corrected chi connectivity index (χ2v) is 5.03. The molecule has 1 aromatic heterocycles. The van der Waals surface area contributed by atoms with Crippen LogP contribution in [0.5, 0.6) is 11.8 Å². The summed E-state index contributed by atoms with van der Waals surface area (Å²) >= 11 is 0. The predicted molar refractivity (Wildman–Crippen MR) is 77.9 cm³/mol. The molecule has 0 saturated heterocycles. The third kappa shape index (κ3) is 4.02. The molecule has 0 aliphatic carbocycles. The number of carbonyl (C=O) groups excluding carboxylic acids is 1. The monoisotopic (exact) mass is 289 g/mol. The van der Waals surface area contributed by atoms with E-state index in [4.69, 9.17) is 4.84 Å². The van der Waals surface area contributed by atoms with Gasteiger partial charge in [-0.15, -0.1) is 4.73 Å². The van der Waals surface area contributed by atoms with E-state index in [1.807, 2.05) is 18.2 Å². The fourth-order valence-corrected chi connectivity index (χ4v) is 2.05. The lowest BCUT2D eigenvalue weighted by Crippen LogP contribution is -2.25. The van der Waals surface area contributed by atoms with E-state index in [1.54, 1.807) is 6.92 Å². The van der Waals surface area contributed by atoms with Crippen LogP contribution in [-0.4, -0.2) is 20.9 Å². The molecule has 2 N–H and O–H groups in total. The van der Waals surface area contributed by atoms with E-state index in [1.165, 1.54) is 17.7 Å². The van der Waals surface area contributed by atoms with Crippen LogP contribution >= 0.6 is 0 Å². The van der Waals surface area contributed by atoms with Crippen molar-refractivity contribution in [1.82, 2.24) is 4.73 Å². The molecule has 0 aliphatic heterocycles. The zero-order valence-electron chi connectivity index (χ0n) is 11.9. The van der Waals surface area contributed by atoms with Gasteiger partial charge in [-0.05, 0) is 24.8 Å². The Kier molecular flexibility index (Phi) is 4.87. The Morgan fingerprint density at radius 3 is 2.38 bits per heavy atom. The number of aryl methyl sites for hydroxylation is 1. The van der Waals surface area contributed by atoms with Gasteiger partial charge in [0.05, 0.1) is 5.92 Å². The van der Waals surface area contributed by atoms with Crippen LogP contribution in [-0.2, 0) is 11.2 Å². The van der Waals surface area contributed by atoms with Gasteiger partial charge in [0.25, 0.3) is 0 Å². The molecule has 5 heteroatoms. The number of nitrogens with zero attached hydrogens (tertiary/aromatic N) is 1. The summed E-state index contributed by atoms with van der Waals surface area (Å²) < 4.78 is 0.718. The smallest absolute Gasteiger partial charge is 0.335 e. The number of benzene rings is 1. The standard InChI is InChI=1S/C16H19NO4/c1-12(6-5-9-13-7-3-2-4-8-13)16(20)21-17-14(18)10-11-15(17)19/h2-4,7-8,10-12,18-19H,5-6,9H2,1H3/t12-/m0/s1. The lowest BCUT2D eigenvalue weighted by molar-refractivity contribution is -0.150. The van der Waals surface area contributed by atoms with Crippen molar-refractivity contribution in [2.75, 3.05) is 0 Å². The first-order valence-electron chi connectivity index (χ1n) is 6.93. The van der Waals surface area contributed by atoms with E-state index in [-0.39, 0.29) is 17.7 Å². The van der Waals surface area contributed by atoms with Gasteiger partial charge in [0.15, 0.2) is 0 Å². The van der Waals surface area contributed by atoms with Crippen molar-refractivity contribution in [2.45, 2.75) is 26.2 Å². The summed E-state index contributed by atoms with van der Waals surface area (Å²) in [6, 6.07) is 12.6. The van der Waals surface area contributed by atoms with Crippen LogP contribution in [0.25, 0.3) is 0 Å². The number of aromatic hydroxyl groups is 2. The Bertz CT molecular complexity index is 572. The molecule has 2 rings (SSSR count). The van der Waals surface area contributed by atoms with Crippen LogP contribution in [0.2, 0.25) is 0 Å². The molecule has 0 spiro atoms. The third-order valence-corrected chi connectivity index (χ3v) is 3.33. The van der Waals surface area contributed by atoms with Crippen LogP contribution in [0, 0.1) is 5.92 Å². The van der Waals surface area contributed by atoms with Gasteiger partial charge >= 0.3 is 5.97 Å². The number of hydrogen-bond donors (Lipinski definition) is 2. The molecule has 1 aromatic carbocycles. The maximum Gasteiger partial charge on any atom is 0.335 e. The van der Waals surface area contributed by atoms with Gasteiger partial charge in [0, 0.05) is 12.1 Å². The van der Waals surface area contributed by atoms with Crippen LogP contribution in [0.3, 0.4) is 0 Å². The van der Waals surface area contributed by atoms with Crippen molar-refractivity contribution in [3.63, 3.8) is 0 Å². The average Bonchev–Trinajstić information content (AvgIpc) is 2.80. The lowest BCUT2D eigenvalue weighted by atomic mass is 10.0. The first kappa shape index (κ1) is 15.0. The van der Waals surface area contributed by atoms with Gasteiger partial charge in [0.1, 0.15) is 0 Å². The van der Waals surface area contributed by atoms with Crippen molar-refractivity contribution >= 4 is 5.97 Å². The number of aromatic nitrogens is 1. The summed E-state index contributed by atoms with van der Waals surface area (Å²) in [4.78, 5) is 16.9. The topological polar surface area (TPSA) is 71.7 Å². The first-order chi connectivity index (χ1) is 10.1. The largest absolute Gasteiger partial charge is 0.492 e. The van der Waals surface area contributed by atoms with E-state index in [9.17, 15) is 15.0 Å². The molecule has 21 heavy (non-hydrogen) atoms. The van der Waals surface area contributed by atoms with Crippen LogP contribution in [0.1, 0.15) is 25.3 Å². The molecule has 0 fully saturated rings. The SMILES string of the molecule is C[C@@H](CCCc1ccccc1)C(=O)On1c(O)ccc1O. The Morgan fingerprint density at radius 2 is 1.76 bits per heavy atom. The van der Waals surface area contributed by atoms with Gasteiger partial charge in [-0.3, -0.25) is 0 Å². The summed E-state index contributed by atoms with van der Waals surface area (Å²) in [5.41, 5.74) is 1.23. The summed E-state index contributed by atoms with van der Waals surface area (Å²) in [6.45, 7) is 1.77. The molecule has 0 aliphatic rings. The zero-order valence-corrected chi connectivity index (χ0v) is 11.9. The molecular weight excluding hydrogens is 270 g/mol. The van der Waals surface area contributed by atoms with Crippen molar-refractivity contribution in [3.05, 3.63) is 48.0 Å². The van der Waals surface area contributed by atoms with Crippen molar-refractivity contribution in [3.8, 4) is 11.8 Å². The molecule has 0 radical (unpaired) electrons. The number of hydrogen-bond acceptors (Lipinski definition) is 4. The van der Waals surface area contributed by atoms with Gasteiger partial charge in [-0.1, -0.05) is 37.3 Å². The molecule has 1 heterocycles. The molecule has 0 saturated carbocycles. The molecule has 1 atom stereocenters. The predicted octanol–water partition coefficient (Wildman–Crippen LogP) is 2.51. The van der Waals surface area contributed by atoms with E-state index < -0.39 is 5.97 Å². The maximum atomic E-state index is 11.9. The average molecular weight is 289 g/mol. The lowest BCUT2D eigenvalue weighted by Gasteiger charge is -2.12. The highest BCUT2D eigenvalue weighted by atomic mass is 16.7. The second-order valence-electron chi connectivity index (χ2n) is 5.03. The minimum absolute atomic E-state index is 0.308. The van der Waals surface area contributed by atoms with E-state index >= 15 is 0 Å². The van der Waals surface area contributed by atoms with Gasteiger partial charge in [-0.2, -0.15) is 0 Å². The van der Waals surface area contributed by atoms with Crippen molar-refractivity contribution < 1.29 is 19.8 Å². The van der Waals surface area contributed by atoms with Gasteiger partial charge < -0.3 is 15.1 Å². The van der Waals surface area contributed by atoms with Crippen LogP contribution in [0.4, 0.5) is 0 Å². The maximum absolute atomic E-state index is 11.9. The molecule has 112 valence electrons. The fourth-order valence-electron chi connectivity index (χ4n) is 2.05. The minimum Gasteiger partial charge on any atom is -0.492 e. The summed E-state index contributed by atoms with van der Waals surface area (Å²) in [6.07, 6.45) is 2.44. The van der Waals surface area contributed by atoms with Crippen LogP contribution in [0.15, 0.2) is 42.5 Å². The normalized spacial score (nSPS) is 12.0. The van der Waals surface area contributed by atoms with Crippen molar-refractivity contribution in [2.24, 2.45) is 5.92 Å². The Hall–Kier alpha value is -2.43. The number of rotatable bonds is 6. The molecule has 0 bridgehead atoms. The molecule has 0 amide bonds. The van der Waals surface area contributed by atoms with Gasteiger partial charge in [-0.25, -0.2) is 4.79 Å². The third-order valence-electron chi connectivity index (χ3n) is 3.33. The Morgan fingerprint density at radius 1 is 1.14 bits per heavy atom. The van der Waals surface area contributed by atoms with E-state index in [0.717, 1.165) is 17.6 Å². The highest BCUT2D eigenvalue weighted by molar-refractivity contribution is 5.72. The summed E-state index contributed by atoms with van der Waals surface area (Å²) in [7, 11) is 0. The van der Waals surface area contributed by atoms with E-state index in [2.05, 4.69) is 12.1 Å². The quantitative estimate of drug-likeness (QED) is 0.857.